The monoisotopic (exact) mass is 350 g/mol. The number of ether oxygens (including phenoxy) is 1. The third-order valence-corrected chi connectivity index (χ3v) is 5.23. The number of fused-ring (bicyclic) bond motifs is 3. The van der Waals surface area contributed by atoms with E-state index in [9.17, 15) is 4.79 Å². The molecule has 0 bridgehead atoms. The summed E-state index contributed by atoms with van der Waals surface area (Å²) in [5.41, 5.74) is 7.33. The molecular formula is C25H18O2. The summed E-state index contributed by atoms with van der Waals surface area (Å²) >= 11 is 0. The molecule has 27 heavy (non-hydrogen) atoms. The summed E-state index contributed by atoms with van der Waals surface area (Å²) in [4.78, 5) is 12.7. The molecule has 2 heteroatoms. The maximum Gasteiger partial charge on any atom is 0.338 e. The molecule has 130 valence electrons. The van der Waals surface area contributed by atoms with Gasteiger partial charge < -0.3 is 4.74 Å². The van der Waals surface area contributed by atoms with Crippen LogP contribution >= 0.6 is 0 Å². The molecule has 5 rings (SSSR count). The molecule has 0 atom stereocenters. The van der Waals surface area contributed by atoms with E-state index in [-0.39, 0.29) is 5.97 Å². The third kappa shape index (κ3) is 2.30. The van der Waals surface area contributed by atoms with Crippen molar-refractivity contribution in [3.05, 3.63) is 84.4 Å². The van der Waals surface area contributed by atoms with E-state index in [1.165, 1.54) is 16.3 Å². The molecule has 0 spiro atoms. The largest absolute Gasteiger partial charge is 0.462 e. The van der Waals surface area contributed by atoms with Crippen LogP contribution in [0.15, 0.2) is 78.9 Å². The smallest absolute Gasteiger partial charge is 0.338 e. The van der Waals surface area contributed by atoms with E-state index in [1.54, 1.807) is 0 Å². The highest BCUT2D eigenvalue weighted by Gasteiger charge is 2.29. The molecule has 1 aliphatic carbocycles. The van der Waals surface area contributed by atoms with Gasteiger partial charge in [-0.15, -0.1) is 0 Å². The zero-order valence-electron chi connectivity index (χ0n) is 15.0. The Kier molecular flexibility index (Phi) is 3.58. The molecule has 4 aromatic carbocycles. The van der Waals surface area contributed by atoms with Gasteiger partial charge in [0.25, 0.3) is 0 Å². The molecule has 0 radical (unpaired) electrons. The molecule has 4 aromatic rings. The molecule has 0 saturated heterocycles. The van der Waals surface area contributed by atoms with Gasteiger partial charge in [-0.25, -0.2) is 4.79 Å². The fraction of sp³-hybridized carbons (Fsp3) is 0.0800. The zero-order chi connectivity index (χ0) is 18.4. The highest BCUT2D eigenvalue weighted by Crippen LogP contribution is 2.52. The molecule has 2 nitrogen and oxygen atoms in total. The van der Waals surface area contributed by atoms with Crippen LogP contribution in [0, 0.1) is 0 Å². The van der Waals surface area contributed by atoms with Crippen LogP contribution in [0.1, 0.15) is 17.3 Å². The second-order valence-electron chi connectivity index (χ2n) is 6.71. The number of hydrogen-bond donors (Lipinski definition) is 0. The van der Waals surface area contributed by atoms with Crippen LogP contribution < -0.4 is 0 Å². The van der Waals surface area contributed by atoms with Gasteiger partial charge in [0.2, 0.25) is 0 Å². The summed E-state index contributed by atoms with van der Waals surface area (Å²) < 4.78 is 5.35. The van der Waals surface area contributed by atoms with Gasteiger partial charge in [0, 0.05) is 5.56 Å². The van der Waals surface area contributed by atoms with E-state index in [4.69, 9.17) is 4.74 Å². The molecule has 0 unspecified atom stereocenters. The van der Waals surface area contributed by atoms with Crippen molar-refractivity contribution in [1.82, 2.24) is 0 Å². The topological polar surface area (TPSA) is 26.3 Å². The number of esters is 1. The van der Waals surface area contributed by atoms with Crippen LogP contribution in [0.4, 0.5) is 0 Å². The van der Waals surface area contributed by atoms with Gasteiger partial charge in [-0.1, -0.05) is 72.8 Å². The summed E-state index contributed by atoms with van der Waals surface area (Å²) in [6.07, 6.45) is 0. The van der Waals surface area contributed by atoms with Gasteiger partial charge >= 0.3 is 5.97 Å². The van der Waals surface area contributed by atoms with Crippen LogP contribution in [-0.4, -0.2) is 12.6 Å². The highest BCUT2D eigenvalue weighted by molar-refractivity contribution is 6.21. The van der Waals surface area contributed by atoms with Gasteiger partial charge in [-0.2, -0.15) is 0 Å². The standard InChI is InChI=1S/C25H18O2/c1-2-27-25(26)21-15-14-18(16-8-4-3-5-9-16)23-19-12-6-10-17-11-7-13-20(22(17)19)24(21)23/h3-15H,2H2,1H3. The first-order valence-electron chi connectivity index (χ1n) is 9.21. The fourth-order valence-electron chi connectivity index (χ4n) is 4.16. The number of carbonyl (C=O) groups excluding carboxylic acids is 1. The van der Waals surface area contributed by atoms with Crippen molar-refractivity contribution in [2.75, 3.05) is 6.61 Å². The fourth-order valence-corrected chi connectivity index (χ4v) is 4.16. The molecule has 0 fully saturated rings. The first-order valence-corrected chi connectivity index (χ1v) is 9.21. The molecule has 1 aliphatic rings. The first kappa shape index (κ1) is 15.8. The van der Waals surface area contributed by atoms with E-state index >= 15 is 0 Å². The average Bonchev–Trinajstić information content (AvgIpc) is 3.05. The molecule has 0 heterocycles. The van der Waals surface area contributed by atoms with E-state index in [2.05, 4.69) is 48.5 Å². The lowest BCUT2D eigenvalue weighted by molar-refractivity contribution is 0.0527. The van der Waals surface area contributed by atoms with Crippen LogP contribution in [0.3, 0.4) is 0 Å². The van der Waals surface area contributed by atoms with Crippen molar-refractivity contribution < 1.29 is 9.53 Å². The van der Waals surface area contributed by atoms with Crippen molar-refractivity contribution in [1.29, 1.82) is 0 Å². The quantitative estimate of drug-likeness (QED) is 0.355. The Morgan fingerprint density at radius 1 is 0.741 bits per heavy atom. The van der Waals surface area contributed by atoms with Gasteiger partial charge in [-0.05, 0) is 51.6 Å². The highest BCUT2D eigenvalue weighted by atomic mass is 16.5. The maximum absolute atomic E-state index is 12.7. The maximum atomic E-state index is 12.7. The van der Waals surface area contributed by atoms with Crippen molar-refractivity contribution in [2.45, 2.75) is 6.92 Å². The Morgan fingerprint density at radius 3 is 2.15 bits per heavy atom. The number of rotatable bonds is 3. The van der Waals surface area contributed by atoms with Crippen LogP contribution in [0.25, 0.3) is 44.2 Å². The molecular weight excluding hydrogens is 332 g/mol. The predicted octanol–water partition coefficient (Wildman–Crippen LogP) is 6.33. The lowest BCUT2D eigenvalue weighted by Crippen LogP contribution is -2.07. The Labute approximate surface area is 158 Å². The van der Waals surface area contributed by atoms with Gasteiger partial charge in [-0.3, -0.25) is 0 Å². The molecule has 0 aromatic heterocycles. The normalized spacial score (nSPS) is 11.4. The first-order chi connectivity index (χ1) is 13.3. The van der Waals surface area contributed by atoms with E-state index < -0.39 is 0 Å². The van der Waals surface area contributed by atoms with Crippen molar-refractivity contribution in [3.8, 4) is 33.4 Å². The Balaban J connectivity index is 1.90. The zero-order valence-corrected chi connectivity index (χ0v) is 15.0. The summed E-state index contributed by atoms with van der Waals surface area (Å²) in [6.45, 7) is 2.21. The van der Waals surface area contributed by atoms with Gasteiger partial charge in [0.05, 0.1) is 12.2 Å². The minimum atomic E-state index is -0.266. The minimum absolute atomic E-state index is 0.266. The lowest BCUT2D eigenvalue weighted by atomic mass is 9.90. The van der Waals surface area contributed by atoms with E-state index in [0.29, 0.717) is 12.2 Å². The van der Waals surface area contributed by atoms with Gasteiger partial charge in [0.1, 0.15) is 0 Å². The van der Waals surface area contributed by atoms with Gasteiger partial charge in [0.15, 0.2) is 0 Å². The van der Waals surface area contributed by atoms with Crippen molar-refractivity contribution >= 4 is 16.7 Å². The number of benzene rings is 4. The Morgan fingerprint density at radius 2 is 1.44 bits per heavy atom. The summed E-state index contributed by atoms with van der Waals surface area (Å²) in [7, 11) is 0. The van der Waals surface area contributed by atoms with E-state index in [0.717, 1.165) is 27.8 Å². The third-order valence-electron chi connectivity index (χ3n) is 5.23. The molecule has 0 amide bonds. The van der Waals surface area contributed by atoms with Crippen molar-refractivity contribution in [2.24, 2.45) is 0 Å². The molecule has 0 aliphatic heterocycles. The molecule has 0 N–H and O–H groups in total. The summed E-state index contributed by atoms with van der Waals surface area (Å²) in [6, 6.07) is 26.9. The summed E-state index contributed by atoms with van der Waals surface area (Å²) in [5, 5.41) is 2.40. The van der Waals surface area contributed by atoms with Crippen LogP contribution in [0.2, 0.25) is 0 Å². The predicted molar refractivity (Wildman–Crippen MR) is 110 cm³/mol. The number of hydrogen-bond acceptors (Lipinski definition) is 2. The van der Waals surface area contributed by atoms with E-state index in [1.807, 2.05) is 37.3 Å². The van der Waals surface area contributed by atoms with Crippen molar-refractivity contribution in [3.63, 3.8) is 0 Å². The average molecular weight is 350 g/mol. The number of carbonyl (C=O) groups is 1. The summed E-state index contributed by atoms with van der Waals surface area (Å²) in [5.74, 6) is -0.266. The lowest BCUT2D eigenvalue weighted by Gasteiger charge is -2.14. The SMILES string of the molecule is CCOC(=O)c1ccc(-c2ccccc2)c2c1-c1cccc3cccc-2c13. The second kappa shape index (κ2) is 6.10. The minimum Gasteiger partial charge on any atom is -0.462 e. The van der Waals surface area contributed by atoms with Crippen LogP contribution in [-0.2, 0) is 4.74 Å². The Hall–Kier alpha value is -3.39. The molecule has 0 saturated carbocycles. The second-order valence-corrected chi connectivity index (χ2v) is 6.71. The van der Waals surface area contributed by atoms with Crippen LogP contribution in [0.5, 0.6) is 0 Å². The Bertz CT molecular complexity index is 1180.